The molecule has 0 saturated carbocycles. The molecule has 1 amide bonds. The molecule has 21 heavy (non-hydrogen) atoms. The minimum Gasteiger partial charge on any atom is -0.360 e. The number of rotatable bonds is 5. The predicted molar refractivity (Wildman–Crippen MR) is 69.2 cm³/mol. The van der Waals surface area contributed by atoms with Crippen molar-refractivity contribution in [3.63, 3.8) is 0 Å². The quantitative estimate of drug-likeness (QED) is 0.468. The van der Waals surface area contributed by atoms with Crippen LogP contribution in [0.15, 0.2) is 28.8 Å². The van der Waals surface area contributed by atoms with Gasteiger partial charge in [-0.05, 0) is 6.92 Å². The Morgan fingerprint density at radius 3 is 2.10 bits per heavy atom. The van der Waals surface area contributed by atoms with Gasteiger partial charge in [0.15, 0.2) is 5.82 Å². The second-order valence-electron chi connectivity index (χ2n) is 3.99. The lowest BCUT2D eigenvalue weighted by atomic mass is 10.2. The van der Waals surface area contributed by atoms with Crippen LogP contribution in [0.25, 0.3) is 0 Å². The molecule has 2 aromatic rings. The second-order valence-corrected chi connectivity index (χ2v) is 3.99. The molecular formula is C11H8N4O6. The molecule has 0 aliphatic heterocycles. The summed E-state index contributed by atoms with van der Waals surface area (Å²) in [6.45, 7) is 1.59. The summed E-state index contributed by atoms with van der Waals surface area (Å²) in [7, 11) is 0. The van der Waals surface area contributed by atoms with E-state index < -0.39 is 21.2 Å². The van der Waals surface area contributed by atoms with E-state index in [1.807, 2.05) is 0 Å². The smallest absolute Gasteiger partial charge is 0.278 e. The first-order chi connectivity index (χ1) is 9.92. The summed E-state index contributed by atoms with van der Waals surface area (Å²) >= 11 is 0. The van der Waals surface area contributed by atoms with Crippen molar-refractivity contribution < 1.29 is 19.2 Å². The van der Waals surface area contributed by atoms with Crippen LogP contribution in [0, 0.1) is 27.2 Å². The molecule has 10 nitrogen and oxygen atoms in total. The van der Waals surface area contributed by atoms with Gasteiger partial charge in [-0.3, -0.25) is 29.9 Å². The monoisotopic (exact) mass is 292 g/mol. The summed E-state index contributed by atoms with van der Waals surface area (Å²) in [5, 5.41) is 25.2. The molecule has 0 aliphatic carbocycles. The lowest BCUT2D eigenvalue weighted by Gasteiger charge is -2.13. The number of hydrogen-bond donors (Lipinski definition) is 0. The van der Waals surface area contributed by atoms with Crippen molar-refractivity contribution in [3.05, 3.63) is 50.3 Å². The zero-order valence-electron chi connectivity index (χ0n) is 10.6. The fourth-order valence-electron chi connectivity index (χ4n) is 1.64. The Morgan fingerprint density at radius 2 is 1.71 bits per heavy atom. The summed E-state index contributed by atoms with van der Waals surface area (Å²) in [5.41, 5.74) is -1.07. The average molecular weight is 292 g/mol. The molecule has 0 aliphatic rings. The SMILES string of the molecule is Cc1cc(N(C=O)c2cc([N+](=O)[O-])cc([N+](=O)[O-])c2)no1. The largest absolute Gasteiger partial charge is 0.360 e. The van der Waals surface area contributed by atoms with Gasteiger partial charge in [0.1, 0.15) is 5.76 Å². The third-order valence-electron chi connectivity index (χ3n) is 2.55. The van der Waals surface area contributed by atoms with Gasteiger partial charge in [0, 0.05) is 18.2 Å². The molecule has 10 heteroatoms. The topological polar surface area (TPSA) is 133 Å². The third kappa shape index (κ3) is 2.83. The molecule has 0 radical (unpaired) electrons. The van der Waals surface area contributed by atoms with Gasteiger partial charge in [-0.2, -0.15) is 0 Å². The van der Waals surface area contributed by atoms with E-state index in [0.717, 1.165) is 23.1 Å². The first kappa shape index (κ1) is 14.1. The van der Waals surface area contributed by atoms with Gasteiger partial charge in [-0.1, -0.05) is 5.16 Å². The number of benzene rings is 1. The first-order valence-electron chi connectivity index (χ1n) is 5.54. The van der Waals surface area contributed by atoms with E-state index in [-0.39, 0.29) is 11.5 Å². The maximum atomic E-state index is 11.2. The van der Waals surface area contributed by atoms with Crippen LogP contribution in [0.4, 0.5) is 22.9 Å². The Balaban J connectivity index is 2.57. The number of non-ortho nitro benzene ring substituents is 2. The molecule has 0 bridgehead atoms. The highest BCUT2D eigenvalue weighted by Gasteiger charge is 2.21. The minimum absolute atomic E-state index is 0.0563. The Morgan fingerprint density at radius 1 is 1.14 bits per heavy atom. The molecule has 0 atom stereocenters. The minimum atomic E-state index is -0.784. The van der Waals surface area contributed by atoms with E-state index in [1.165, 1.54) is 6.07 Å². The molecule has 0 N–H and O–H groups in total. The number of nitro benzene ring substituents is 2. The number of nitro groups is 2. The molecule has 0 fully saturated rings. The van der Waals surface area contributed by atoms with Gasteiger partial charge in [0.05, 0.1) is 21.6 Å². The normalized spacial score (nSPS) is 10.1. The molecule has 0 spiro atoms. The highest BCUT2D eigenvalue weighted by molar-refractivity contribution is 5.86. The van der Waals surface area contributed by atoms with Crippen LogP contribution in [0.1, 0.15) is 5.76 Å². The number of anilines is 2. The van der Waals surface area contributed by atoms with Crippen molar-refractivity contribution in [1.82, 2.24) is 5.16 Å². The predicted octanol–water partition coefficient (Wildman–Crippen LogP) is 2.09. The van der Waals surface area contributed by atoms with E-state index >= 15 is 0 Å². The van der Waals surface area contributed by atoms with E-state index in [0.29, 0.717) is 12.2 Å². The molecule has 1 aromatic heterocycles. The number of aromatic nitrogens is 1. The maximum absolute atomic E-state index is 11.2. The van der Waals surface area contributed by atoms with Crippen LogP contribution < -0.4 is 4.90 Å². The summed E-state index contributed by atoms with van der Waals surface area (Å²) in [5.74, 6) is 0.481. The third-order valence-corrected chi connectivity index (χ3v) is 2.55. The molecule has 1 aromatic carbocycles. The summed E-state index contributed by atoms with van der Waals surface area (Å²) in [4.78, 5) is 32.2. The number of carbonyl (C=O) groups excluding carboxylic acids is 1. The lowest BCUT2D eigenvalue weighted by Crippen LogP contribution is -2.14. The van der Waals surface area contributed by atoms with Crippen molar-refractivity contribution in [3.8, 4) is 0 Å². The van der Waals surface area contributed by atoms with Gasteiger partial charge < -0.3 is 4.52 Å². The zero-order chi connectivity index (χ0) is 15.6. The number of nitrogens with zero attached hydrogens (tertiary/aromatic N) is 4. The fourth-order valence-corrected chi connectivity index (χ4v) is 1.64. The van der Waals surface area contributed by atoms with E-state index in [4.69, 9.17) is 4.52 Å². The van der Waals surface area contributed by atoms with Gasteiger partial charge in [-0.25, -0.2) is 0 Å². The highest BCUT2D eigenvalue weighted by atomic mass is 16.6. The van der Waals surface area contributed by atoms with E-state index in [2.05, 4.69) is 5.16 Å². The van der Waals surface area contributed by atoms with Crippen molar-refractivity contribution in [2.75, 3.05) is 4.90 Å². The lowest BCUT2D eigenvalue weighted by molar-refractivity contribution is -0.394. The summed E-state index contributed by atoms with van der Waals surface area (Å²) in [6, 6.07) is 4.29. The Hall–Kier alpha value is -3.30. The molecule has 0 saturated heterocycles. The Bertz CT molecular complexity index is 693. The van der Waals surface area contributed by atoms with Crippen molar-refractivity contribution in [2.45, 2.75) is 6.92 Å². The standard InChI is InChI=1S/C11H8N4O6/c1-7-2-11(12-21-7)13(6-16)8-3-9(14(17)18)5-10(4-8)15(19)20/h2-6H,1H3. The number of carbonyl (C=O) groups is 1. The van der Waals surface area contributed by atoms with Gasteiger partial charge >= 0.3 is 0 Å². The second kappa shape index (κ2) is 5.36. The van der Waals surface area contributed by atoms with Crippen LogP contribution >= 0.6 is 0 Å². The van der Waals surface area contributed by atoms with Crippen molar-refractivity contribution in [2.24, 2.45) is 0 Å². The molecule has 1 heterocycles. The fraction of sp³-hybridized carbons (Fsp3) is 0.0909. The number of amides is 1. The maximum Gasteiger partial charge on any atom is 0.278 e. The average Bonchev–Trinajstić information content (AvgIpc) is 2.85. The van der Waals surface area contributed by atoms with Crippen LogP contribution in [0.2, 0.25) is 0 Å². The molecule has 2 rings (SSSR count). The Labute approximate surface area is 116 Å². The van der Waals surface area contributed by atoms with Crippen LogP contribution in [-0.2, 0) is 4.79 Å². The zero-order valence-corrected chi connectivity index (χ0v) is 10.6. The summed E-state index contributed by atoms with van der Waals surface area (Å²) in [6.07, 6.45) is 0.333. The highest BCUT2D eigenvalue weighted by Crippen LogP contribution is 2.31. The summed E-state index contributed by atoms with van der Waals surface area (Å²) < 4.78 is 4.81. The van der Waals surface area contributed by atoms with Crippen LogP contribution in [0.5, 0.6) is 0 Å². The molecular weight excluding hydrogens is 284 g/mol. The Kier molecular flexibility index (Phi) is 3.61. The molecule has 0 unspecified atom stereocenters. The van der Waals surface area contributed by atoms with E-state index in [1.54, 1.807) is 6.92 Å². The van der Waals surface area contributed by atoms with Crippen molar-refractivity contribution in [1.29, 1.82) is 0 Å². The van der Waals surface area contributed by atoms with Crippen LogP contribution in [0.3, 0.4) is 0 Å². The van der Waals surface area contributed by atoms with Gasteiger partial charge in [0.25, 0.3) is 11.4 Å². The van der Waals surface area contributed by atoms with Gasteiger partial charge in [-0.15, -0.1) is 0 Å². The van der Waals surface area contributed by atoms with Gasteiger partial charge in [0.2, 0.25) is 6.41 Å². The van der Waals surface area contributed by atoms with Crippen molar-refractivity contribution >= 4 is 29.3 Å². The number of hydrogen-bond acceptors (Lipinski definition) is 7. The number of aryl methyl sites for hydroxylation is 1. The first-order valence-corrected chi connectivity index (χ1v) is 5.54. The van der Waals surface area contributed by atoms with Crippen LogP contribution in [-0.4, -0.2) is 21.4 Å². The molecule has 108 valence electrons. The van der Waals surface area contributed by atoms with E-state index in [9.17, 15) is 25.0 Å².